The molecular formula is C24H25FN4O3S. The zero-order valence-electron chi connectivity index (χ0n) is 18.4. The molecule has 1 aromatic heterocycles. The van der Waals surface area contributed by atoms with Gasteiger partial charge in [0.1, 0.15) is 16.9 Å². The van der Waals surface area contributed by atoms with Crippen molar-refractivity contribution in [3.8, 4) is 11.1 Å². The highest BCUT2D eigenvalue weighted by Crippen LogP contribution is 2.30. The minimum absolute atomic E-state index is 0.127. The lowest BCUT2D eigenvalue weighted by Gasteiger charge is -2.16. The molecule has 2 atom stereocenters. The van der Waals surface area contributed by atoms with Crippen molar-refractivity contribution in [3.05, 3.63) is 70.4 Å². The Bertz CT molecular complexity index is 1120. The van der Waals surface area contributed by atoms with Crippen molar-refractivity contribution in [2.45, 2.75) is 32.5 Å². The van der Waals surface area contributed by atoms with Crippen LogP contribution < -0.4 is 15.5 Å². The van der Waals surface area contributed by atoms with Crippen molar-refractivity contribution in [3.63, 3.8) is 0 Å². The van der Waals surface area contributed by atoms with Crippen LogP contribution in [0.2, 0.25) is 0 Å². The molecule has 3 aromatic rings. The number of amides is 2. The first kappa shape index (κ1) is 22.9. The lowest BCUT2D eigenvalue weighted by atomic mass is 10.0. The summed E-state index contributed by atoms with van der Waals surface area (Å²) in [6, 6.07) is 12.6. The number of nitrogens with zero attached hydrogens (tertiary/aromatic N) is 2. The lowest BCUT2D eigenvalue weighted by molar-refractivity contribution is -0.119. The van der Waals surface area contributed by atoms with Crippen LogP contribution in [0.5, 0.6) is 0 Å². The largest absolute Gasteiger partial charge is 0.442 e. The number of carbonyl (C=O) groups excluding carboxylic acids is 2. The Morgan fingerprint density at radius 3 is 2.76 bits per heavy atom. The fraction of sp³-hybridized carbons (Fsp3) is 0.292. The number of aromatic nitrogens is 1. The Labute approximate surface area is 195 Å². The van der Waals surface area contributed by atoms with Crippen LogP contribution in [0.1, 0.15) is 30.5 Å². The molecule has 2 N–H and O–H groups in total. The maximum atomic E-state index is 15.0. The van der Waals surface area contributed by atoms with Crippen LogP contribution in [0.3, 0.4) is 0 Å². The Kier molecular flexibility index (Phi) is 7.00. The molecule has 9 heteroatoms. The number of anilines is 1. The van der Waals surface area contributed by atoms with Gasteiger partial charge in [0.25, 0.3) is 0 Å². The van der Waals surface area contributed by atoms with Gasteiger partial charge in [-0.15, -0.1) is 11.3 Å². The van der Waals surface area contributed by atoms with Gasteiger partial charge in [-0.25, -0.2) is 14.2 Å². The second kappa shape index (κ2) is 10.1. The van der Waals surface area contributed by atoms with E-state index < -0.39 is 18.0 Å². The van der Waals surface area contributed by atoms with Gasteiger partial charge in [0.15, 0.2) is 0 Å². The fourth-order valence-corrected chi connectivity index (χ4v) is 4.22. The summed E-state index contributed by atoms with van der Waals surface area (Å²) >= 11 is 1.61. The summed E-state index contributed by atoms with van der Waals surface area (Å²) in [7, 11) is 0. The standard InChI is InChI=1S/C24H25FN4O3S/c1-15(27-13-23-26-9-10-33-23)17-3-5-18(6-4-17)21-8-7-19(11-22(21)25)29-14-20(32-24(29)31)12-28-16(2)30/h3-11,15,20,27H,12-14H2,1-2H3,(H,28,30)/t15-,20+/m1/s1. The monoisotopic (exact) mass is 468 g/mol. The van der Waals surface area contributed by atoms with Crippen molar-refractivity contribution in [2.75, 3.05) is 18.0 Å². The predicted molar refractivity (Wildman–Crippen MR) is 126 cm³/mol. The smallest absolute Gasteiger partial charge is 0.414 e. The van der Waals surface area contributed by atoms with Gasteiger partial charge < -0.3 is 15.4 Å². The zero-order chi connectivity index (χ0) is 23.4. The maximum Gasteiger partial charge on any atom is 0.414 e. The zero-order valence-corrected chi connectivity index (χ0v) is 19.2. The number of rotatable bonds is 8. The highest BCUT2D eigenvalue weighted by atomic mass is 32.1. The molecule has 2 aromatic carbocycles. The summed E-state index contributed by atoms with van der Waals surface area (Å²) in [5.74, 6) is -0.621. The molecule has 2 amide bonds. The van der Waals surface area contributed by atoms with Crippen LogP contribution in [0.25, 0.3) is 11.1 Å². The number of hydrogen-bond acceptors (Lipinski definition) is 6. The third-order valence-electron chi connectivity index (χ3n) is 5.48. The number of ether oxygens (including phenoxy) is 1. The number of halogens is 1. The number of benzene rings is 2. The first-order valence-electron chi connectivity index (χ1n) is 10.6. The van der Waals surface area contributed by atoms with Gasteiger partial charge in [0, 0.05) is 36.7 Å². The van der Waals surface area contributed by atoms with Crippen LogP contribution in [0.4, 0.5) is 14.9 Å². The van der Waals surface area contributed by atoms with E-state index in [0.29, 0.717) is 17.8 Å². The molecule has 4 rings (SSSR count). The number of hydrogen-bond donors (Lipinski definition) is 2. The molecule has 0 bridgehead atoms. The number of cyclic esters (lactones) is 1. The molecule has 1 aliphatic rings. The Hall–Kier alpha value is -3.30. The molecule has 172 valence electrons. The van der Waals surface area contributed by atoms with Gasteiger partial charge in [0.05, 0.1) is 18.8 Å². The summed E-state index contributed by atoms with van der Waals surface area (Å²) in [6.45, 7) is 4.64. The number of carbonyl (C=O) groups is 2. The molecular weight excluding hydrogens is 443 g/mol. The highest BCUT2D eigenvalue weighted by molar-refractivity contribution is 7.09. The third kappa shape index (κ3) is 5.55. The molecule has 0 unspecified atom stereocenters. The summed E-state index contributed by atoms with van der Waals surface area (Å²) in [6.07, 6.45) is 0.765. The van der Waals surface area contributed by atoms with E-state index in [4.69, 9.17) is 4.74 Å². The van der Waals surface area contributed by atoms with Gasteiger partial charge in [-0.1, -0.05) is 24.3 Å². The normalized spacial score (nSPS) is 16.5. The van der Waals surface area contributed by atoms with E-state index in [1.54, 1.807) is 29.7 Å². The number of nitrogens with one attached hydrogen (secondary N) is 2. The minimum atomic E-state index is -0.555. The summed E-state index contributed by atoms with van der Waals surface area (Å²) in [5, 5.41) is 9.04. The van der Waals surface area contributed by atoms with Crippen molar-refractivity contribution in [1.29, 1.82) is 0 Å². The van der Waals surface area contributed by atoms with E-state index in [9.17, 15) is 14.0 Å². The van der Waals surface area contributed by atoms with Crippen LogP contribution in [0, 0.1) is 5.82 Å². The van der Waals surface area contributed by atoms with Gasteiger partial charge in [-0.2, -0.15) is 0 Å². The van der Waals surface area contributed by atoms with Gasteiger partial charge in [-0.05, 0) is 36.2 Å². The van der Waals surface area contributed by atoms with Crippen molar-refractivity contribution in [2.24, 2.45) is 0 Å². The van der Waals surface area contributed by atoms with E-state index in [0.717, 1.165) is 16.1 Å². The average Bonchev–Trinajstić information content (AvgIpc) is 3.45. The molecule has 7 nitrogen and oxygen atoms in total. The van der Waals surface area contributed by atoms with Gasteiger partial charge >= 0.3 is 6.09 Å². The Balaban J connectivity index is 1.41. The van der Waals surface area contributed by atoms with E-state index >= 15 is 0 Å². The van der Waals surface area contributed by atoms with E-state index in [1.807, 2.05) is 29.6 Å². The summed E-state index contributed by atoms with van der Waals surface area (Å²) in [4.78, 5) is 28.9. The molecule has 1 saturated heterocycles. The van der Waals surface area contributed by atoms with E-state index in [1.165, 1.54) is 17.9 Å². The fourth-order valence-electron chi connectivity index (χ4n) is 3.65. The van der Waals surface area contributed by atoms with Crippen molar-refractivity contribution < 1.29 is 18.7 Å². The first-order valence-corrected chi connectivity index (χ1v) is 11.5. The topological polar surface area (TPSA) is 83.6 Å². The van der Waals surface area contributed by atoms with Crippen LogP contribution in [-0.4, -0.2) is 36.2 Å². The summed E-state index contributed by atoms with van der Waals surface area (Å²) in [5.41, 5.74) is 2.72. The molecule has 0 radical (unpaired) electrons. The molecule has 1 aliphatic heterocycles. The number of thiazole rings is 1. The summed E-state index contributed by atoms with van der Waals surface area (Å²) < 4.78 is 20.2. The molecule has 33 heavy (non-hydrogen) atoms. The predicted octanol–water partition coefficient (Wildman–Crippen LogP) is 4.26. The average molecular weight is 469 g/mol. The van der Waals surface area contributed by atoms with Gasteiger partial charge in [0.2, 0.25) is 5.91 Å². The van der Waals surface area contributed by atoms with Crippen LogP contribution >= 0.6 is 11.3 Å². The lowest BCUT2D eigenvalue weighted by Crippen LogP contribution is -2.33. The van der Waals surface area contributed by atoms with Crippen molar-refractivity contribution >= 4 is 29.0 Å². The Morgan fingerprint density at radius 2 is 2.09 bits per heavy atom. The molecule has 0 saturated carbocycles. The minimum Gasteiger partial charge on any atom is -0.442 e. The maximum absolute atomic E-state index is 15.0. The first-order chi connectivity index (χ1) is 15.9. The Morgan fingerprint density at radius 1 is 1.30 bits per heavy atom. The molecule has 0 spiro atoms. The third-order valence-corrected chi connectivity index (χ3v) is 6.26. The molecule has 0 aliphatic carbocycles. The second-order valence-corrected chi connectivity index (χ2v) is 8.85. The second-order valence-electron chi connectivity index (χ2n) is 7.87. The van der Waals surface area contributed by atoms with E-state index in [2.05, 4.69) is 22.5 Å². The molecule has 1 fully saturated rings. The van der Waals surface area contributed by atoms with Crippen LogP contribution in [-0.2, 0) is 16.1 Å². The molecule has 2 heterocycles. The highest BCUT2D eigenvalue weighted by Gasteiger charge is 2.32. The van der Waals surface area contributed by atoms with Gasteiger partial charge in [-0.3, -0.25) is 9.69 Å². The van der Waals surface area contributed by atoms with Crippen molar-refractivity contribution in [1.82, 2.24) is 15.6 Å². The quantitative estimate of drug-likeness (QED) is 0.516. The SMILES string of the molecule is CC(=O)NC[C@H]1CN(c2ccc(-c3ccc([C@@H](C)NCc4nccs4)cc3)c(F)c2)C(=O)O1. The van der Waals surface area contributed by atoms with Crippen LogP contribution in [0.15, 0.2) is 54.0 Å². The van der Waals surface area contributed by atoms with E-state index in [-0.39, 0.29) is 25.0 Å².